The molecule has 0 radical (unpaired) electrons. The van der Waals surface area contributed by atoms with E-state index in [0.29, 0.717) is 18.8 Å². The summed E-state index contributed by atoms with van der Waals surface area (Å²) in [6.45, 7) is 1.54. The van der Waals surface area contributed by atoms with Crippen LogP contribution in [0.3, 0.4) is 0 Å². The van der Waals surface area contributed by atoms with Crippen molar-refractivity contribution in [2.75, 3.05) is 32.1 Å². The third-order valence-electron chi connectivity index (χ3n) is 1.71. The van der Waals surface area contributed by atoms with Crippen LogP contribution in [-0.2, 0) is 9.53 Å². The SMILES string of the molecule is COCCNCC(=O)Nc1cccnc1.Cl.Cl. The van der Waals surface area contributed by atoms with E-state index in [1.807, 2.05) is 0 Å². The number of pyridine rings is 1. The summed E-state index contributed by atoms with van der Waals surface area (Å²) in [5.74, 6) is -0.0842. The number of carbonyl (C=O) groups excluding carboxylic acids is 1. The van der Waals surface area contributed by atoms with Crippen molar-refractivity contribution in [2.24, 2.45) is 0 Å². The molecule has 0 unspecified atom stereocenters. The van der Waals surface area contributed by atoms with E-state index in [4.69, 9.17) is 4.74 Å². The molecule has 17 heavy (non-hydrogen) atoms. The molecule has 0 spiro atoms. The van der Waals surface area contributed by atoms with Crippen molar-refractivity contribution in [1.82, 2.24) is 10.3 Å². The molecule has 1 rings (SSSR count). The van der Waals surface area contributed by atoms with Gasteiger partial charge in [-0.2, -0.15) is 0 Å². The Balaban J connectivity index is 0. The predicted octanol–water partition coefficient (Wildman–Crippen LogP) is 1.10. The van der Waals surface area contributed by atoms with Crippen LogP contribution in [0.1, 0.15) is 0 Å². The summed E-state index contributed by atoms with van der Waals surface area (Å²) in [5, 5.41) is 5.66. The van der Waals surface area contributed by atoms with Gasteiger partial charge in [0.05, 0.1) is 25.0 Å². The van der Waals surface area contributed by atoms with Gasteiger partial charge in [-0.25, -0.2) is 0 Å². The fourth-order valence-electron chi connectivity index (χ4n) is 1.02. The first-order chi connectivity index (χ1) is 7.33. The van der Waals surface area contributed by atoms with Crippen LogP contribution >= 0.6 is 24.8 Å². The van der Waals surface area contributed by atoms with E-state index in [1.165, 1.54) is 0 Å². The van der Waals surface area contributed by atoms with Crippen molar-refractivity contribution < 1.29 is 9.53 Å². The van der Waals surface area contributed by atoms with Gasteiger partial charge in [-0.3, -0.25) is 9.78 Å². The number of nitrogens with one attached hydrogen (secondary N) is 2. The lowest BCUT2D eigenvalue weighted by molar-refractivity contribution is -0.115. The number of anilines is 1. The van der Waals surface area contributed by atoms with Crippen molar-refractivity contribution >= 4 is 36.4 Å². The maximum atomic E-state index is 11.3. The number of carbonyl (C=O) groups is 1. The molecule has 0 aliphatic rings. The average molecular weight is 282 g/mol. The quantitative estimate of drug-likeness (QED) is 0.767. The van der Waals surface area contributed by atoms with Crippen LogP contribution in [0.4, 0.5) is 5.69 Å². The number of ether oxygens (including phenoxy) is 1. The van der Waals surface area contributed by atoms with Gasteiger partial charge in [0.1, 0.15) is 0 Å². The summed E-state index contributed by atoms with van der Waals surface area (Å²) in [6.07, 6.45) is 3.26. The molecule has 0 saturated heterocycles. The van der Waals surface area contributed by atoms with Crippen LogP contribution in [0.25, 0.3) is 0 Å². The van der Waals surface area contributed by atoms with E-state index in [2.05, 4.69) is 15.6 Å². The summed E-state index contributed by atoms with van der Waals surface area (Å²) in [6, 6.07) is 3.56. The van der Waals surface area contributed by atoms with Crippen LogP contribution in [-0.4, -0.2) is 37.7 Å². The van der Waals surface area contributed by atoms with Gasteiger partial charge in [-0.15, -0.1) is 24.8 Å². The van der Waals surface area contributed by atoms with Crippen molar-refractivity contribution in [2.45, 2.75) is 0 Å². The van der Waals surface area contributed by atoms with E-state index in [9.17, 15) is 4.79 Å². The molecule has 98 valence electrons. The van der Waals surface area contributed by atoms with E-state index < -0.39 is 0 Å². The molecule has 0 aliphatic carbocycles. The standard InChI is InChI=1S/C10H15N3O2.2ClH/c1-15-6-5-12-8-10(14)13-9-3-2-4-11-7-9;;/h2-4,7,12H,5-6,8H2,1H3,(H,13,14);2*1H. The topological polar surface area (TPSA) is 63.2 Å². The van der Waals surface area contributed by atoms with Crippen molar-refractivity contribution in [3.8, 4) is 0 Å². The molecule has 2 N–H and O–H groups in total. The number of hydrogen-bond acceptors (Lipinski definition) is 4. The Morgan fingerprint density at radius 3 is 2.82 bits per heavy atom. The van der Waals surface area contributed by atoms with Gasteiger partial charge >= 0.3 is 0 Å². The number of nitrogens with zero attached hydrogens (tertiary/aromatic N) is 1. The van der Waals surface area contributed by atoms with Gasteiger partial charge in [0.2, 0.25) is 5.91 Å². The highest BCUT2D eigenvalue weighted by Gasteiger charge is 2.00. The molecule has 0 saturated carbocycles. The average Bonchev–Trinajstić information content (AvgIpc) is 2.26. The first-order valence-corrected chi connectivity index (χ1v) is 4.72. The Kier molecular flexibility index (Phi) is 12.6. The summed E-state index contributed by atoms with van der Waals surface area (Å²) in [7, 11) is 1.62. The summed E-state index contributed by atoms with van der Waals surface area (Å²) in [4.78, 5) is 15.2. The Bertz CT molecular complexity index is 299. The maximum Gasteiger partial charge on any atom is 0.238 e. The highest BCUT2D eigenvalue weighted by molar-refractivity contribution is 5.91. The first kappa shape index (κ1) is 18.5. The molecule has 1 aromatic heterocycles. The number of hydrogen-bond donors (Lipinski definition) is 2. The van der Waals surface area contributed by atoms with Gasteiger partial charge in [0, 0.05) is 19.9 Å². The van der Waals surface area contributed by atoms with Crippen LogP contribution in [0.2, 0.25) is 0 Å². The molecule has 0 aliphatic heterocycles. The predicted molar refractivity (Wildman–Crippen MR) is 72.1 cm³/mol. The van der Waals surface area contributed by atoms with Crippen molar-refractivity contribution in [3.63, 3.8) is 0 Å². The van der Waals surface area contributed by atoms with Crippen LogP contribution in [0, 0.1) is 0 Å². The smallest absolute Gasteiger partial charge is 0.238 e. The minimum Gasteiger partial charge on any atom is -0.383 e. The molecule has 1 aromatic rings. The molecule has 0 fully saturated rings. The zero-order valence-corrected chi connectivity index (χ0v) is 11.1. The molecule has 0 aromatic carbocycles. The number of aromatic nitrogens is 1. The first-order valence-electron chi connectivity index (χ1n) is 4.72. The lowest BCUT2D eigenvalue weighted by atomic mass is 10.4. The van der Waals surface area contributed by atoms with Gasteiger partial charge in [-0.1, -0.05) is 0 Å². The Hall–Kier alpha value is -0.880. The van der Waals surface area contributed by atoms with Crippen LogP contribution < -0.4 is 10.6 Å². The molecule has 1 amide bonds. The van der Waals surface area contributed by atoms with Crippen molar-refractivity contribution in [1.29, 1.82) is 0 Å². The number of halogens is 2. The zero-order chi connectivity index (χ0) is 10.9. The minimum atomic E-state index is -0.0842. The Labute approximate surface area is 113 Å². The molecule has 5 nitrogen and oxygen atoms in total. The molecule has 0 atom stereocenters. The number of amides is 1. The lowest BCUT2D eigenvalue weighted by Gasteiger charge is -2.05. The molecular formula is C10H17Cl2N3O2. The lowest BCUT2D eigenvalue weighted by Crippen LogP contribution is -2.30. The fraction of sp³-hybridized carbons (Fsp3) is 0.400. The van der Waals surface area contributed by atoms with Gasteiger partial charge < -0.3 is 15.4 Å². The minimum absolute atomic E-state index is 0. The van der Waals surface area contributed by atoms with Gasteiger partial charge in [0.25, 0.3) is 0 Å². The number of rotatable bonds is 6. The second-order valence-corrected chi connectivity index (χ2v) is 2.96. The molecule has 1 heterocycles. The van der Waals surface area contributed by atoms with Gasteiger partial charge in [0.15, 0.2) is 0 Å². The monoisotopic (exact) mass is 281 g/mol. The third kappa shape index (κ3) is 8.88. The van der Waals surface area contributed by atoms with Crippen molar-refractivity contribution in [3.05, 3.63) is 24.5 Å². The molecule has 7 heteroatoms. The fourth-order valence-corrected chi connectivity index (χ4v) is 1.02. The van der Waals surface area contributed by atoms with E-state index in [1.54, 1.807) is 31.6 Å². The highest BCUT2D eigenvalue weighted by Crippen LogP contribution is 2.01. The van der Waals surface area contributed by atoms with Gasteiger partial charge in [-0.05, 0) is 12.1 Å². The zero-order valence-electron chi connectivity index (χ0n) is 9.51. The third-order valence-corrected chi connectivity index (χ3v) is 1.71. The summed E-state index contributed by atoms with van der Waals surface area (Å²) in [5.41, 5.74) is 0.705. The maximum absolute atomic E-state index is 11.3. The van der Waals surface area contributed by atoms with E-state index in [-0.39, 0.29) is 37.3 Å². The Morgan fingerprint density at radius 1 is 1.47 bits per heavy atom. The second kappa shape index (κ2) is 11.6. The Morgan fingerprint density at radius 2 is 2.24 bits per heavy atom. The molecule has 0 bridgehead atoms. The van der Waals surface area contributed by atoms with E-state index in [0.717, 1.165) is 0 Å². The summed E-state index contributed by atoms with van der Waals surface area (Å²) < 4.78 is 4.84. The summed E-state index contributed by atoms with van der Waals surface area (Å²) >= 11 is 0. The highest BCUT2D eigenvalue weighted by atomic mass is 35.5. The number of methoxy groups -OCH3 is 1. The molecular weight excluding hydrogens is 265 g/mol. The normalized spacial score (nSPS) is 8.76. The van der Waals surface area contributed by atoms with Crippen LogP contribution in [0.5, 0.6) is 0 Å². The van der Waals surface area contributed by atoms with E-state index >= 15 is 0 Å². The van der Waals surface area contributed by atoms with Crippen LogP contribution in [0.15, 0.2) is 24.5 Å². The second-order valence-electron chi connectivity index (χ2n) is 2.96. The largest absolute Gasteiger partial charge is 0.383 e.